The van der Waals surface area contributed by atoms with Crippen molar-refractivity contribution in [3.8, 4) is 0 Å². The van der Waals surface area contributed by atoms with E-state index in [1.54, 1.807) is 0 Å². The smallest absolute Gasteiger partial charge is 0.224 e. The molecule has 1 fully saturated rings. The summed E-state index contributed by atoms with van der Waals surface area (Å²) in [4.78, 5) is 14.7. The van der Waals surface area contributed by atoms with Gasteiger partial charge >= 0.3 is 0 Å². The van der Waals surface area contributed by atoms with E-state index in [1.165, 1.54) is 18.4 Å². The average molecular weight is 337 g/mol. The number of benzene rings is 2. The van der Waals surface area contributed by atoms with Crippen molar-refractivity contribution in [1.29, 1.82) is 0 Å². The molecule has 1 aliphatic heterocycles. The summed E-state index contributed by atoms with van der Waals surface area (Å²) in [5.74, 6) is 0.0787. The predicted molar refractivity (Wildman–Crippen MR) is 102 cm³/mol. The van der Waals surface area contributed by atoms with Gasteiger partial charge in [0.15, 0.2) is 0 Å². The molecule has 0 aromatic heterocycles. The monoisotopic (exact) mass is 337 g/mol. The Morgan fingerprint density at radius 2 is 1.80 bits per heavy atom. The first kappa shape index (κ1) is 17.5. The number of rotatable bonds is 6. The summed E-state index contributed by atoms with van der Waals surface area (Å²) in [7, 11) is 0. The van der Waals surface area contributed by atoms with Crippen LogP contribution in [0.15, 0.2) is 54.6 Å². The van der Waals surface area contributed by atoms with Gasteiger partial charge in [0, 0.05) is 24.8 Å². The lowest BCUT2D eigenvalue weighted by Gasteiger charge is -2.36. The van der Waals surface area contributed by atoms with Gasteiger partial charge in [-0.3, -0.25) is 9.69 Å². The van der Waals surface area contributed by atoms with Crippen molar-refractivity contribution in [2.75, 3.05) is 18.8 Å². The zero-order valence-corrected chi connectivity index (χ0v) is 14.7. The summed E-state index contributed by atoms with van der Waals surface area (Å²) in [6.07, 6.45) is 4.03. The van der Waals surface area contributed by atoms with Gasteiger partial charge in [-0.2, -0.15) is 0 Å². The zero-order chi connectivity index (χ0) is 17.5. The fraction of sp³-hybridized carbons (Fsp3) is 0.381. The third-order valence-corrected chi connectivity index (χ3v) is 4.86. The zero-order valence-electron chi connectivity index (χ0n) is 14.7. The molecule has 0 saturated carbocycles. The molecule has 1 heterocycles. The Labute approximate surface area is 150 Å². The van der Waals surface area contributed by atoms with E-state index in [9.17, 15) is 4.79 Å². The van der Waals surface area contributed by atoms with Gasteiger partial charge in [0.05, 0.1) is 6.42 Å². The Hall–Kier alpha value is -2.33. The van der Waals surface area contributed by atoms with E-state index in [-0.39, 0.29) is 5.91 Å². The summed E-state index contributed by atoms with van der Waals surface area (Å²) < 4.78 is 0. The highest BCUT2D eigenvalue weighted by Gasteiger charge is 2.22. The Morgan fingerprint density at radius 1 is 1.04 bits per heavy atom. The molecule has 4 nitrogen and oxygen atoms in total. The lowest BCUT2D eigenvalue weighted by molar-refractivity contribution is -0.120. The SMILES string of the molecule is Nc1ccc(CC(=O)NCC2CCCCN2Cc2ccccc2)cc1. The van der Waals surface area contributed by atoms with Gasteiger partial charge in [-0.1, -0.05) is 48.9 Å². The number of hydrogen-bond acceptors (Lipinski definition) is 3. The number of anilines is 1. The predicted octanol–water partition coefficient (Wildman–Crippen LogP) is 2.98. The lowest BCUT2D eigenvalue weighted by Crippen LogP contribution is -2.46. The van der Waals surface area contributed by atoms with Crippen molar-refractivity contribution in [1.82, 2.24) is 10.2 Å². The molecule has 1 unspecified atom stereocenters. The van der Waals surface area contributed by atoms with Crippen LogP contribution in [0.1, 0.15) is 30.4 Å². The van der Waals surface area contributed by atoms with E-state index in [2.05, 4.69) is 40.5 Å². The van der Waals surface area contributed by atoms with Crippen molar-refractivity contribution in [3.63, 3.8) is 0 Å². The Kier molecular flexibility index (Phi) is 6.07. The number of nitrogen functional groups attached to an aromatic ring is 1. The molecule has 132 valence electrons. The molecule has 25 heavy (non-hydrogen) atoms. The van der Waals surface area contributed by atoms with Gasteiger partial charge in [0.1, 0.15) is 0 Å². The summed E-state index contributed by atoms with van der Waals surface area (Å²) in [5.41, 5.74) is 8.74. The maximum Gasteiger partial charge on any atom is 0.224 e. The molecule has 1 saturated heterocycles. The van der Waals surface area contributed by atoms with Gasteiger partial charge in [-0.05, 0) is 42.6 Å². The molecular weight excluding hydrogens is 310 g/mol. The van der Waals surface area contributed by atoms with Gasteiger partial charge in [0.2, 0.25) is 5.91 Å². The molecule has 0 aliphatic carbocycles. The molecular formula is C21H27N3O. The second kappa shape index (κ2) is 8.67. The highest BCUT2D eigenvalue weighted by Crippen LogP contribution is 2.19. The highest BCUT2D eigenvalue weighted by molar-refractivity contribution is 5.78. The van der Waals surface area contributed by atoms with Crippen LogP contribution >= 0.6 is 0 Å². The maximum absolute atomic E-state index is 12.2. The van der Waals surface area contributed by atoms with Crippen molar-refractivity contribution in [3.05, 3.63) is 65.7 Å². The minimum Gasteiger partial charge on any atom is -0.399 e. The van der Waals surface area contributed by atoms with Crippen LogP contribution in [0.4, 0.5) is 5.69 Å². The molecule has 4 heteroatoms. The van der Waals surface area contributed by atoms with Crippen LogP contribution < -0.4 is 11.1 Å². The highest BCUT2D eigenvalue weighted by atomic mass is 16.1. The number of carbonyl (C=O) groups excluding carboxylic acids is 1. The molecule has 1 atom stereocenters. The van der Waals surface area contributed by atoms with Crippen LogP contribution in [0.5, 0.6) is 0 Å². The van der Waals surface area contributed by atoms with E-state index in [1.807, 2.05) is 24.3 Å². The summed E-state index contributed by atoms with van der Waals surface area (Å²) >= 11 is 0. The molecule has 1 aliphatic rings. The summed E-state index contributed by atoms with van der Waals surface area (Å²) in [6, 6.07) is 18.5. The molecule has 0 radical (unpaired) electrons. The first-order chi connectivity index (χ1) is 12.2. The minimum absolute atomic E-state index is 0.0787. The topological polar surface area (TPSA) is 58.4 Å². The normalized spacial score (nSPS) is 18.0. The number of amides is 1. The third-order valence-electron chi connectivity index (χ3n) is 4.86. The second-order valence-electron chi connectivity index (χ2n) is 6.83. The maximum atomic E-state index is 12.2. The average Bonchev–Trinajstić information content (AvgIpc) is 2.64. The largest absolute Gasteiger partial charge is 0.399 e. The number of nitrogens with two attached hydrogens (primary N) is 1. The number of likely N-dealkylation sites (tertiary alicyclic amines) is 1. The van der Waals surface area contributed by atoms with Crippen LogP contribution in [0.2, 0.25) is 0 Å². The second-order valence-corrected chi connectivity index (χ2v) is 6.83. The van der Waals surface area contributed by atoms with Gasteiger partial charge in [-0.15, -0.1) is 0 Å². The van der Waals surface area contributed by atoms with E-state index in [4.69, 9.17) is 5.73 Å². The Morgan fingerprint density at radius 3 is 2.56 bits per heavy atom. The van der Waals surface area contributed by atoms with Crippen molar-refractivity contribution in [2.24, 2.45) is 0 Å². The minimum atomic E-state index is 0.0787. The van der Waals surface area contributed by atoms with E-state index < -0.39 is 0 Å². The van der Waals surface area contributed by atoms with Crippen molar-refractivity contribution >= 4 is 11.6 Å². The third kappa shape index (κ3) is 5.33. The van der Waals surface area contributed by atoms with Gasteiger partial charge in [-0.25, -0.2) is 0 Å². The fourth-order valence-corrected chi connectivity index (χ4v) is 3.43. The van der Waals surface area contributed by atoms with Crippen LogP contribution in [0.25, 0.3) is 0 Å². The standard InChI is InChI=1S/C21H27N3O/c22-19-11-9-17(10-12-19)14-21(25)23-15-20-8-4-5-13-24(20)16-18-6-2-1-3-7-18/h1-3,6-7,9-12,20H,4-5,8,13-16,22H2,(H,23,25). The summed E-state index contributed by atoms with van der Waals surface area (Å²) in [6.45, 7) is 2.79. The van der Waals surface area contributed by atoms with Gasteiger partial charge in [0.25, 0.3) is 0 Å². The Balaban J connectivity index is 1.51. The molecule has 3 rings (SSSR count). The van der Waals surface area contributed by atoms with Crippen molar-refractivity contribution in [2.45, 2.75) is 38.3 Å². The van der Waals surface area contributed by atoms with Crippen LogP contribution in [0.3, 0.4) is 0 Å². The van der Waals surface area contributed by atoms with E-state index in [0.717, 1.165) is 37.3 Å². The van der Waals surface area contributed by atoms with Crippen LogP contribution in [-0.4, -0.2) is 29.9 Å². The lowest BCUT2D eigenvalue weighted by atomic mass is 10.0. The molecule has 0 bridgehead atoms. The number of nitrogens with one attached hydrogen (secondary N) is 1. The first-order valence-corrected chi connectivity index (χ1v) is 9.10. The molecule has 0 spiro atoms. The van der Waals surface area contributed by atoms with Gasteiger partial charge < -0.3 is 11.1 Å². The van der Waals surface area contributed by atoms with Crippen LogP contribution in [0, 0.1) is 0 Å². The van der Waals surface area contributed by atoms with Crippen molar-refractivity contribution < 1.29 is 4.79 Å². The molecule has 3 N–H and O–H groups in total. The number of nitrogens with zero attached hydrogens (tertiary/aromatic N) is 1. The van der Waals surface area contributed by atoms with E-state index in [0.29, 0.717) is 12.5 Å². The number of carbonyl (C=O) groups is 1. The number of piperidine rings is 1. The summed E-state index contributed by atoms with van der Waals surface area (Å²) in [5, 5.41) is 3.12. The molecule has 1 amide bonds. The number of hydrogen-bond donors (Lipinski definition) is 2. The Bertz CT molecular complexity index is 669. The van der Waals surface area contributed by atoms with E-state index >= 15 is 0 Å². The molecule has 2 aromatic rings. The molecule has 2 aromatic carbocycles. The van der Waals surface area contributed by atoms with Crippen LogP contribution in [-0.2, 0) is 17.8 Å². The quantitative estimate of drug-likeness (QED) is 0.797. The fourth-order valence-electron chi connectivity index (χ4n) is 3.43. The first-order valence-electron chi connectivity index (χ1n) is 9.10.